The molecule has 0 saturated carbocycles. The minimum atomic E-state index is -4.96. The summed E-state index contributed by atoms with van der Waals surface area (Å²) in [4.78, 5) is 32.7. The number of nitro benzene ring substituents is 1. The molecule has 0 amide bonds. The quantitative estimate of drug-likeness (QED) is 0.230. The Labute approximate surface area is 152 Å². The first-order valence-electron chi connectivity index (χ1n) is 6.21. The number of hydrogen-bond donors (Lipinski definition) is 1. The lowest BCUT2D eigenvalue weighted by atomic mass is 10.1. The molecule has 0 aromatic heterocycles. The number of carbonyl (C=O) groups excluding carboxylic acids is 2. The number of rotatable bonds is 5. The SMILES string of the molecule is COC(=O)/C=C(/Nc1c(I)cc([N+](=O)[O-])cc1C(F)(F)F)C(=O)OC. The molecule has 0 unspecified atom stereocenters. The third-order valence-corrected chi connectivity index (χ3v) is 3.57. The van der Waals surface area contributed by atoms with Crippen molar-refractivity contribution < 1.29 is 37.2 Å². The fourth-order valence-corrected chi connectivity index (χ4v) is 2.36. The van der Waals surface area contributed by atoms with Crippen LogP contribution in [0.5, 0.6) is 0 Å². The topological polar surface area (TPSA) is 108 Å². The molecule has 1 aromatic carbocycles. The zero-order chi connectivity index (χ0) is 19.4. The Morgan fingerprint density at radius 1 is 1.28 bits per heavy atom. The molecular weight excluding hydrogens is 464 g/mol. The molecule has 25 heavy (non-hydrogen) atoms. The number of methoxy groups -OCH3 is 2. The van der Waals surface area contributed by atoms with Gasteiger partial charge in [0, 0.05) is 15.7 Å². The van der Waals surface area contributed by atoms with Crippen LogP contribution in [0.15, 0.2) is 23.9 Å². The summed E-state index contributed by atoms with van der Waals surface area (Å²) in [5.41, 5.74) is -3.43. The highest BCUT2D eigenvalue weighted by Gasteiger charge is 2.37. The van der Waals surface area contributed by atoms with Gasteiger partial charge in [-0.15, -0.1) is 0 Å². The molecule has 12 heteroatoms. The first-order valence-corrected chi connectivity index (χ1v) is 7.29. The second-order valence-corrected chi connectivity index (χ2v) is 5.46. The summed E-state index contributed by atoms with van der Waals surface area (Å²) in [6.45, 7) is 0. The number of hydrogen-bond acceptors (Lipinski definition) is 7. The lowest BCUT2D eigenvalue weighted by Crippen LogP contribution is -2.19. The molecule has 1 N–H and O–H groups in total. The number of nitrogens with one attached hydrogen (secondary N) is 1. The molecule has 136 valence electrons. The molecule has 0 heterocycles. The molecular formula is C13H10F3IN2O6. The number of halogens is 4. The molecule has 0 spiro atoms. The molecule has 0 saturated heterocycles. The first-order chi connectivity index (χ1) is 11.5. The van der Waals surface area contributed by atoms with E-state index in [9.17, 15) is 32.9 Å². The Morgan fingerprint density at radius 3 is 2.32 bits per heavy atom. The zero-order valence-electron chi connectivity index (χ0n) is 12.6. The van der Waals surface area contributed by atoms with Gasteiger partial charge < -0.3 is 14.8 Å². The lowest BCUT2D eigenvalue weighted by molar-refractivity contribution is -0.385. The summed E-state index contributed by atoms with van der Waals surface area (Å²) >= 11 is 1.43. The number of anilines is 1. The van der Waals surface area contributed by atoms with Crippen molar-refractivity contribution in [2.24, 2.45) is 0 Å². The van der Waals surface area contributed by atoms with Gasteiger partial charge in [0.05, 0.1) is 36.5 Å². The average Bonchev–Trinajstić information content (AvgIpc) is 2.53. The van der Waals surface area contributed by atoms with Crippen molar-refractivity contribution in [3.8, 4) is 0 Å². The fraction of sp³-hybridized carbons (Fsp3) is 0.231. The summed E-state index contributed by atoms with van der Waals surface area (Å²) in [6, 6.07) is 1.20. The number of alkyl halides is 3. The van der Waals surface area contributed by atoms with E-state index in [4.69, 9.17) is 0 Å². The summed E-state index contributed by atoms with van der Waals surface area (Å²) < 4.78 is 48.2. The fourth-order valence-electron chi connectivity index (χ4n) is 1.62. The Hall–Kier alpha value is -2.38. The Kier molecular flexibility index (Phi) is 6.72. The third-order valence-electron chi connectivity index (χ3n) is 2.72. The largest absolute Gasteiger partial charge is 0.466 e. The number of ether oxygens (including phenoxy) is 2. The van der Waals surface area contributed by atoms with Crippen LogP contribution in [0.2, 0.25) is 0 Å². The molecule has 0 aliphatic heterocycles. The van der Waals surface area contributed by atoms with Gasteiger partial charge in [-0.2, -0.15) is 13.2 Å². The summed E-state index contributed by atoms with van der Waals surface area (Å²) in [7, 11) is 1.96. The molecule has 0 atom stereocenters. The van der Waals surface area contributed by atoms with Crippen molar-refractivity contribution in [3.05, 3.63) is 43.2 Å². The standard InChI is InChI=1S/C13H10F3IN2O6/c1-24-10(20)5-9(12(21)25-2)18-11-7(13(14,15)16)3-6(19(22)23)4-8(11)17/h3-5,18H,1-2H3/b9-5+. The van der Waals surface area contributed by atoms with E-state index in [0.29, 0.717) is 12.1 Å². The molecule has 1 aromatic rings. The summed E-state index contributed by atoms with van der Waals surface area (Å²) in [6.07, 6.45) is -4.36. The predicted octanol–water partition coefficient (Wildman–Crippen LogP) is 2.86. The van der Waals surface area contributed by atoms with Crippen LogP contribution in [0, 0.1) is 13.7 Å². The second-order valence-electron chi connectivity index (χ2n) is 4.30. The minimum Gasteiger partial charge on any atom is -0.466 e. The van der Waals surface area contributed by atoms with Gasteiger partial charge >= 0.3 is 18.1 Å². The van der Waals surface area contributed by atoms with Gasteiger partial charge in [-0.25, -0.2) is 9.59 Å². The van der Waals surface area contributed by atoms with Gasteiger partial charge in [0.25, 0.3) is 5.69 Å². The number of benzene rings is 1. The Morgan fingerprint density at radius 2 is 1.88 bits per heavy atom. The van der Waals surface area contributed by atoms with Crippen molar-refractivity contribution in [1.82, 2.24) is 0 Å². The van der Waals surface area contributed by atoms with Gasteiger partial charge in [-0.3, -0.25) is 10.1 Å². The van der Waals surface area contributed by atoms with E-state index in [2.05, 4.69) is 14.8 Å². The van der Waals surface area contributed by atoms with Gasteiger partial charge in [0.15, 0.2) is 0 Å². The van der Waals surface area contributed by atoms with Crippen LogP contribution >= 0.6 is 22.6 Å². The first kappa shape index (κ1) is 20.7. The predicted molar refractivity (Wildman–Crippen MR) is 86.6 cm³/mol. The highest BCUT2D eigenvalue weighted by molar-refractivity contribution is 14.1. The Balaban J connectivity index is 3.53. The number of carbonyl (C=O) groups is 2. The van der Waals surface area contributed by atoms with Crippen molar-refractivity contribution in [2.45, 2.75) is 6.18 Å². The summed E-state index contributed by atoms with van der Waals surface area (Å²) in [5, 5.41) is 12.9. The van der Waals surface area contributed by atoms with E-state index in [1.807, 2.05) is 0 Å². The third kappa shape index (κ3) is 5.30. The van der Waals surface area contributed by atoms with Gasteiger partial charge in [-0.05, 0) is 22.6 Å². The van der Waals surface area contributed by atoms with Crippen molar-refractivity contribution in [3.63, 3.8) is 0 Å². The van der Waals surface area contributed by atoms with Crippen molar-refractivity contribution in [2.75, 3.05) is 19.5 Å². The number of non-ortho nitro benzene ring substituents is 1. The molecule has 0 aliphatic carbocycles. The van der Waals surface area contributed by atoms with Crippen molar-refractivity contribution >= 4 is 45.9 Å². The smallest absolute Gasteiger partial charge is 0.418 e. The second kappa shape index (κ2) is 8.13. The zero-order valence-corrected chi connectivity index (χ0v) is 14.8. The average molecular weight is 474 g/mol. The van der Waals surface area contributed by atoms with E-state index >= 15 is 0 Å². The van der Waals surface area contributed by atoms with Gasteiger partial charge in [0.1, 0.15) is 5.70 Å². The molecule has 1 rings (SSSR count). The van der Waals surface area contributed by atoms with E-state index in [1.165, 1.54) is 22.6 Å². The highest BCUT2D eigenvalue weighted by atomic mass is 127. The van der Waals surface area contributed by atoms with Crippen LogP contribution in [0.3, 0.4) is 0 Å². The molecule has 0 bridgehead atoms. The monoisotopic (exact) mass is 474 g/mol. The van der Waals surface area contributed by atoms with E-state index in [-0.39, 0.29) is 3.57 Å². The number of esters is 2. The lowest BCUT2D eigenvalue weighted by Gasteiger charge is -2.17. The van der Waals surface area contributed by atoms with Gasteiger partial charge in [-0.1, -0.05) is 0 Å². The van der Waals surface area contributed by atoms with Crippen LogP contribution < -0.4 is 5.32 Å². The molecule has 0 aliphatic rings. The highest BCUT2D eigenvalue weighted by Crippen LogP contribution is 2.40. The van der Waals surface area contributed by atoms with Crippen LogP contribution in [-0.2, 0) is 25.2 Å². The molecule has 8 nitrogen and oxygen atoms in total. The minimum absolute atomic E-state index is 0.196. The van der Waals surface area contributed by atoms with Crippen molar-refractivity contribution in [1.29, 1.82) is 0 Å². The Bertz CT molecular complexity index is 748. The number of nitro groups is 1. The van der Waals surface area contributed by atoms with Gasteiger partial charge in [0.2, 0.25) is 0 Å². The summed E-state index contributed by atoms with van der Waals surface area (Å²) in [5.74, 6) is -2.15. The van der Waals surface area contributed by atoms with Crippen LogP contribution in [-0.4, -0.2) is 31.1 Å². The van der Waals surface area contributed by atoms with Crippen LogP contribution in [0.1, 0.15) is 5.56 Å². The van der Waals surface area contributed by atoms with E-state index in [1.54, 1.807) is 0 Å². The van der Waals surface area contributed by atoms with Crippen LogP contribution in [0.4, 0.5) is 24.5 Å². The number of nitrogens with zero attached hydrogens (tertiary/aromatic N) is 1. The molecule has 0 fully saturated rings. The maximum Gasteiger partial charge on any atom is 0.418 e. The van der Waals surface area contributed by atoms with E-state index in [0.717, 1.165) is 20.3 Å². The molecule has 0 radical (unpaired) electrons. The van der Waals surface area contributed by atoms with Crippen LogP contribution in [0.25, 0.3) is 0 Å². The normalized spacial score (nSPS) is 11.7. The maximum absolute atomic E-state index is 13.2. The maximum atomic E-state index is 13.2. The van der Waals surface area contributed by atoms with E-state index < -0.39 is 45.7 Å².